The number of aryl methyl sites for hydroxylation is 1. The van der Waals surface area contributed by atoms with Gasteiger partial charge in [0, 0.05) is 43.0 Å². The molecule has 0 saturated heterocycles. The molecule has 0 aromatic carbocycles. The van der Waals surface area contributed by atoms with Crippen LogP contribution in [0.15, 0.2) is 36.7 Å². The largest absolute Gasteiger partial charge is 0.311 e. The van der Waals surface area contributed by atoms with Gasteiger partial charge < -0.3 is 9.88 Å². The lowest BCUT2D eigenvalue weighted by Gasteiger charge is -2.25. The molecule has 1 atom stereocenters. The molecule has 4 rings (SSSR count). The van der Waals surface area contributed by atoms with Crippen molar-refractivity contribution in [2.24, 2.45) is 7.05 Å². The van der Waals surface area contributed by atoms with Crippen LogP contribution in [-0.4, -0.2) is 25.2 Å². The molecule has 3 aromatic heterocycles. The summed E-state index contributed by atoms with van der Waals surface area (Å²) in [6.45, 7) is 4.24. The molecule has 0 spiro atoms. The van der Waals surface area contributed by atoms with Gasteiger partial charge in [0.05, 0.1) is 10.7 Å². The molecule has 6 nitrogen and oxygen atoms in total. The monoisotopic (exact) mass is 369 g/mol. The molecular formula is C19H20ClN5O. The fraction of sp³-hybridized carbons (Fsp3) is 0.316. The van der Waals surface area contributed by atoms with Crippen LogP contribution in [0.5, 0.6) is 0 Å². The van der Waals surface area contributed by atoms with Gasteiger partial charge in [-0.1, -0.05) is 25.4 Å². The Labute approximate surface area is 156 Å². The summed E-state index contributed by atoms with van der Waals surface area (Å²) in [6.07, 6.45) is 3.97. The van der Waals surface area contributed by atoms with Crippen molar-refractivity contribution < 1.29 is 4.79 Å². The summed E-state index contributed by atoms with van der Waals surface area (Å²) >= 11 is 5.97. The third-order valence-electron chi connectivity index (χ3n) is 4.75. The van der Waals surface area contributed by atoms with Crippen LogP contribution in [0.2, 0.25) is 5.02 Å². The summed E-state index contributed by atoms with van der Waals surface area (Å²) in [4.78, 5) is 16.8. The molecule has 0 fully saturated rings. The number of carbonyl (C=O) groups is 1. The highest BCUT2D eigenvalue weighted by Crippen LogP contribution is 2.41. The van der Waals surface area contributed by atoms with E-state index in [9.17, 15) is 4.79 Å². The fourth-order valence-corrected chi connectivity index (χ4v) is 3.71. The summed E-state index contributed by atoms with van der Waals surface area (Å²) < 4.78 is 3.78. The van der Waals surface area contributed by atoms with Crippen LogP contribution in [0, 0.1) is 0 Å². The van der Waals surface area contributed by atoms with Gasteiger partial charge in [-0.2, -0.15) is 5.10 Å². The van der Waals surface area contributed by atoms with Crippen molar-refractivity contribution in [1.29, 1.82) is 0 Å². The lowest BCUT2D eigenvalue weighted by molar-refractivity contribution is -0.116. The normalized spacial score (nSPS) is 16.7. The van der Waals surface area contributed by atoms with Crippen molar-refractivity contribution in [3.63, 3.8) is 0 Å². The fourth-order valence-electron chi connectivity index (χ4n) is 3.60. The number of rotatable bonds is 3. The minimum atomic E-state index is -0.0719. The van der Waals surface area contributed by atoms with E-state index in [-0.39, 0.29) is 17.7 Å². The molecule has 0 bridgehead atoms. The zero-order valence-corrected chi connectivity index (χ0v) is 15.7. The predicted octanol–water partition coefficient (Wildman–Crippen LogP) is 3.86. The molecule has 4 heterocycles. The van der Waals surface area contributed by atoms with Crippen LogP contribution in [0.4, 0.5) is 5.82 Å². The first-order chi connectivity index (χ1) is 12.5. The highest BCUT2D eigenvalue weighted by atomic mass is 35.5. The number of carbonyl (C=O) groups excluding carboxylic acids is 1. The van der Waals surface area contributed by atoms with E-state index < -0.39 is 0 Å². The minimum Gasteiger partial charge on any atom is -0.311 e. The first-order valence-corrected chi connectivity index (χ1v) is 8.99. The Balaban J connectivity index is 1.87. The molecular weight excluding hydrogens is 350 g/mol. The molecule has 0 radical (unpaired) electrons. The van der Waals surface area contributed by atoms with Gasteiger partial charge in [0.1, 0.15) is 11.6 Å². The van der Waals surface area contributed by atoms with Crippen LogP contribution in [-0.2, 0) is 11.8 Å². The Kier molecular flexibility index (Phi) is 4.07. The highest BCUT2D eigenvalue weighted by molar-refractivity contribution is 6.30. The Morgan fingerprint density at radius 1 is 1.31 bits per heavy atom. The molecule has 1 N–H and O–H groups in total. The Morgan fingerprint density at radius 3 is 2.81 bits per heavy atom. The van der Waals surface area contributed by atoms with Crippen LogP contribution < -0.4 is 5.32 Å². The second kappa shape index (κ2) is 6.29. The Hall–Kier alpha value is -2.60. The van der Waals surface area contributed by atoms with Gasteiger partial charge in [0.2, 0.25) is 5.91 Å². The highest BCUT2D eigenvalue weighted by Gasteiger charge is 2.35. The van der Waals surface area contributed by atoms with E-state index in [1.165, 1.54) is 0 Å². The van der Waals surface area contributed by atoms with Gasteiger partial charge in [0.15, 0.2) is 0 Å². The van der Waals surface area contributed by atoms with E-state index in [0.29, 0.717) is 11.4 Å². The third kappa shape index (κ3) is 2.70. The number of aromatic nitrogens is 4. The molecule has 0 saturated carbocycles. The zero-order valence-electron chi connectivity index (χ0n) is 14.9. The van der Waals surface area contributed by atoms with Gasteiger partial charge >= 0.3 is 0 Å². The molecule has 1 aliphatic rings. The van der Waals surface area contributed by atoms with Crippen LogP contribution in [0.3, 0.4) is 0 Å². The lowest BCUT2D eigenvalue weighted by atomic mass is 9.86. The first kappa shape index (κ1) is 16.8. The second-order valence-corrected chi connectivity index (χ2v) is 7.30. The molecule has 3 aromatic rings. The van der Waals surface area contributed by atoms with Crippen LogP contribution in [0.25, 0.3) is 5.82 Å². The number of fused-ring (bicyclic) bond motifs is 1. The summed E-state index contributed by atoms with van der Waals surface area (Å²) in [5.41, 5.74) is 3.13. The third-order valence-corrected chi connectivity index (χ3v) is 4.97. The number of pyridine rings is 1. The first-order valence-electron chi connectivity index (χ1n) is 8.61. The number of hydrogen-bond donors (Lipinski definition) is 1. The van der Waals surface area contributed by atoms with Crippen molar-refractivity contribution in [2.75, 3.05) is 5.32 Å². The average Bonchev–Trinajstić information content (AvgIpc) is 3.20. The maximum absolute atomic E-state index is 12.4. The van der Waals surface area contributed by atoms with Gasteiger partial charge in [0.25, 0.3) is 0 Å². The summed E-state index contributed by atoms with van der Waals surface area (Å²) in [6, 6.07) is 7.71. The summed E-state index contributed by atoms with van der Waals surface area (Å²) in [5, 5.41) is 8.23. The van der Waals surface area contributed by atoms with Crippen LogP contribution in [0.1, 0.15) is 49.1 Å². The van der Waals surface area contributed by atoms with E-state index >= 15 is 0 Å². The maximum Gasteiger partial charge on any atom is 0.226 e. The molecule has 0 aliphatic carbocycles. The van der Waals surface area contributed by atoms with Crippen LogP contribution >= 0.6 is 11.6 Å². The number of anilines is 1. The van der Waals surface area contributed by atoms with E-state index in [2.05, 4.69) is 29.2 Å². The summed E-state index contributed by atoms with van der Waals surface area (Å²) in [7, 11) is 1.87. The van der Waals surface area contributed by atoms with Crippen molar-refractivity contribution in [2.45, 2.75) is 32.1 Å². The molecule has 1 unspecified atom stereocenters. The number of nitrogens with one attached hydrogen (secondary N) is 1. The van der Waals surface area contributed by atoms with E-state index in [1.54, 1.807) is 10.9 Å². The molecule has 1 amide bonds. The topological polar surface area (TPSA) is 64.7 Å². The van der Waals surface area contributed by atoms with E-state index in [0.717, 1.165) is 28.6 Å². The smallest absolute Gasteiger partial charge is 0.226 e. The van der Waals surface area contributed by atoms with Crippen molar-refractivity contribution in [1.82, 2.24) is 19.3 Å². The second-order valence-electron chi connectivity index (χ2n) is 6.87. The van der Waals surface area contributed by atoms with Gasteiger partial charge in [-0.05, 0) is 30.2 Å². The molecule has 1 aliphatic heterocycles. The van der Waals surface area contributed by atoms with Gasteiger partial charge in [-0.3, -0.25) is 9.48 Å². The number of halogens is 1. The van der Waals surface area contributed by atoms with Crippen molar-refractivity contribution >= 4 is 23.3 Å². The minimum absolute atomic E-state index is 0.00220. The standard InChI is InChI=1S/C19H20ClN5O/c1-11(2)18-17-13(9-16(26)22-19(17)24(3)23-18)14-5-4-8-25(14)15-7-6-12(20)10-21-15/h4-8,10-11,13H,9H2,1-3H3,(H,22,26). The number of nitrogens with zero attached hydrogens (tertiary/aromatic N) is 4. The Morgan fingerprint density at radius 2 is 2.12 bits per heavy atom. The summed E-state index contributed by atoms with van der Waals surface area (Å²) in [5.74, 6) is 1.75. The molecule has 134 valence electrons. The average molecular weight is 370 g/mol. The lowest BCUT2D eigenvalue weighted by Crippen LogP contribution is -2.26. The number of hydrogen-bond acceptors (Lipinski definition) is 3. The quantitative estimate of drug-likeness (QED) is 0.762. The number of amides is 1. The van der Waals surface area contributed by atoms with Gasteiger partial charge in [-0.15, -0.1) is 0 Å². The molecule has 7 heteroatoms. The predicted molar refractivity (Wildman–Crippen MR) is 101 cm³/mol. The maximum atomic E-state index is 12.4. The van der Waals surface area contributed by atoms with E-state index in [4.69, 9.17) is 11.6 Å². The van der Waals surface area contributed by atoms with Gasteiger partial charge in [-0.25, -0.2) is 4.98 Å². The zero-order chi connectivity index (χ0) is 18.4. The van der Waals surface area contributed by atoms with Crippen molar-refractivity contribution in [3.8, 4) is 5.82 Å². The Bertz CT molecular complexity index is 970. The van der Waals surface area contributed by atoms with E-state index in [1.807, 2.05) is 42.1 Å². The molecule has 26 heavy (non-hydrogen) atoms. The SMILES string of the molecule is CC(C)c1nn(C)c2c1C(c1cccn1-c1ccc(Cl)cn1)CC(=O)N2. The van der Waals surface area contributed by atoms with Crippen molar-refractivity contribution in [3.05, 3.63) is 58.6 Å².